The third kappa shape index (κ3) is 4.06. The first kappa shape index (κ1) is 14.1. The van der Waals surface area contributed by atoms with Gasteiger partial charge in [-0.05, 0) is 32.6 Å². The van der Waals surface area contributed by atoms with Crippen LogP contribution >= 0.6 is 0 Å². The SMILES string of the molecule is CCN(C)CCNC(C)c1c(F)cccc1F. The number of benzene rings is 1. The Morgan fingerprint density at radius 2 is 1.88 bits per heavy atom. The molecule has 0 aliphatic heterocycles. The zero-order valence-corrected chi connectivity index (χ0v) is 10.6. The molecule has 0 radical (unpaired) electrons. The molecule has 0 aliphatic carbocycles. The Hall–Kier alpha value is -1.00. The highest BCUT2D eigenvalue weighted by Crippen LogP contribution is 2.19. The van der Waals surface area contributed by atoms with Gasteiger partial charge in [0, 0.05) is 24.7 Å². The maximum Gasteiger partial charge on any atom is 0.130 e. The Balaban J connectivity index is 2.55. The normalized spacial score (nSPS) is 13.1. The molecule has 17 heavy (non-hydrogen) atoms. The van der Waals surface area contributed by atoms with E-state index in [0.29, 0.717) is 6.54 Å². The first-order valence-electron chi connectivity index (χ1n) is 5.92. The average Bonchev–Trinajstić information content (AvgIpc) is 2.28. The molecule has 0 fully saturated rings. The molecule has 1 aromatic rings. The first-order chi connectivity index (χ1) is 8.06. The molecule has 4 heteroatoms. The van der Waals surface area contributed by atoms with Crippen LogP contribution < -0.4 is 5.32 Å². The molecule has 1 rings (SSSR count). The van der Waals surface area contributed by atoms with Crippen LogP contribution in [-0.4, -0.2) is 31.6 Å². The fourth-order valence-electron chi connectivity index (χ4n) is 1.66. The molecule has 1 aromatic carbocycles. The second-order valence-electron chi connectivity index (χ2n) is 4.21. The van der Waals surface area contributed by atoms with Crippen molar-refractivity contribution >= 4 is 0 Å². The lowest BCUT2D eigenvalue weighted by molar-refractivity contribution is 0.340. The minimum atomic E-state index is -0.492. The van der Waals surface area contributed by atoms with Crippen LogP contribution in [0.4, 0.5) is 8.78 Å². The molecular formula is C13H20F2N2. The Labute approximate surface area is 102 Å². The Morgan fingerprint density at radius 3 is 2.41 bits per heavy atom. The van der Waals surface area contributed by atoms with Crippen LogP contribution in [0.25, 0.3) is 0 Å². The second kappa shape index (κ2) is 6.67. The standard InChI is InChI=1S/C13H20F2N2/c1-4-17(3)9-8-16-10(2)13-11(14)6-5-7-12(13)15/h5-7,10,16H,4,8-9H2,1-3H3. The lowest BCUT2D eigenvalue weighted by Gasteiger charge is -2.19. The maximum atomic E-state index is 13.5. The molecule has 0 heterocycles. The molecule has 96 valence electrons. The summed E-state index contributed by atoms with van der Waals surface area (Å²) < 4.78 is 26.9. The summed E-state index contributed by atoms with van der Waals surface area (Å²) in [6.07, 6.45) is 0. The van der Waals surface area contributed by atoms with Gasteiger partial charge in [0.25, 0.3) is 0 Å². The Morgan fingerprint density at radius 1 is 1.29 bits per heavy atom. The molecule has 0 bridgehead atoms. The minimum absolute atomic E-state index is 0.117. The van der Waals surface area contributed by atoms with Crippen LogP contribution in [0, 0.1) is 11.6 Å². The van der Waals surface area contributed by atoms with Crippen LogP contribution in [0.3, 0.4) is 0 Å². The highest BCUT2D eigenvalue weighted by Gasteiger charge is 2.15. The number of hydrogen-bond acceptors (Lipinski definition) is 2. The van der Waals surface area contributed by atoms with Crippen molar-refractivity contribution in [1.82, 2.24) is 10.2 Å². The summed E-state index contributed by atoms with van der Waals surface area (Å²) in [6, 6.07) is 3.64. The molecular weight excluding hydrogens is 222 g/mol. The first-order valence-corrected chi connectivity index (χ1v) is 5.92. The van der Waals surface area contributed by atoms with Crippen molar-refractivity contribution in [2.75, 3.05) is 26.7 Å². The largest absolute Gasteiger partial charge is 0.309 e. The van der Waals surface area contributed by atoms with Gasteiger partial charge >= 0.3 is 0 Å². The van der Waals surface area contributed by atoms with Gasteiger partial charge < -0.3 is 10.2 Å². The summed E-state index contributed by atoms with van der Waals surface area (Å²) in [7, 11) is 2.01. The number of rotatable bonds is 6. The molecule has 1 unspecified atom stereocenters. The van der Waals surface area contributed by atoms with Gasteiger partial charge in [0.15, 0.2) is 0 Å². The van der Waals surface area contributed by atoms with Gasteiger partial charge in [0.05, 0.1) is 0 Å². The molecule has 1 atom stereocenters. The monoisotopic (exact) mass is 242 g/mol. The fraction of sp³-hybridized carbons (Fsp3) is 0.538. The van der Waals surface area contributed by atoms with Gasteiger partial charge in [-0.1, -0.05) is 13.0 Å². The van der Waals surface area contributed by atoms with Gasteiger partial charge in [-0.25, -0.2) is 8.78 Å². The number of nitrogens with zero attached hydrogens (tertiary/aromatic N) is 1. The van der Waals surface area contributed by atoms with Crippen molar-refractivity contribution in [3.63, 3.8) is 0 Å². The van der Waals surface area contributed by atoms with Crippen molar-refractivity contribution in [1.29, 1.82) is 0 Å². The summed E-state index contributed by atoms with van der Waals surface area (Å²) in [5, 5.41) is 3.12. The van der Waals surface area contributed by atoms with Crippen LogP contribution in [0.1, 0.15) is 25.5 Å². The van der Waals surface area contributed by atoms with Crippen molar-refractivity contribution in [3.8, 4) is 0 Å². The number of nitrogens with one attached hydrogen (secondary N) is 1. The average molecular weight is 242 g/mol. The zero-order valence-electron chi connectivity index (χ0n) is 10.6. The maximum absolute atomic E-state index is 13.5. The smallest absolute Gasteiger partial charge is 0.130 e. The molecule has 0 amide bonds. The van der Waals surface area contributed by atoms with E-state index in [4.69, 9.17) is 0 Å². The summed E-state index contributed by atoms with van der Waals surface area (Å²) in [4.78, 5) is 2.14. The van der Waals surface area contributed by atoms with E-state index >= 15 is 0 Å². The van der Waals surface area contributed by atoms with E-state index in [1.807, 2.05) is 7.05 Å². The van der Waals surface area contributed by atoms with Crippen molar-refractivity contribution in [2.45, 2.75) is 19.9 Å². The number of likely N-dealkylation sites (N-methyl/N-ethyl adjacent to an activating group) is 1. The molecule has 0 aliphatic rings. The molecule has 0 saturated heterocycles. The van der Waals surface area contributed by atoms with E-state index in [1.165, 1.54) is 18.2 Å². The zero-order chi connectivity index (χ0) is 12.8. The highest BCUT2D eigenvalue weighted by molar-refractivity contribution is 5.22. The Kier molecular flexibility index (Phi) is 5.51. The van der Waals surface area contributed by atoms with E-state index in [2.05, 4.69) is 17.1 Å². The number of halogens is 2. The Bertz CT molecular complexity index is 335. The quantitative estimate of drug-likeness (QED) is 0.824. The summed E-state index contributed by atoms with van der Waals surface area (Å²) in [6.45, 7) is 6.37. The van der Waals surface area contributed by atoms with Gasteiger partial charge in [-0.3, -0.25) is 0 Å². The lowest BCUT2D eigenvalue weighted by atomic mass is 10.1. The third-order valence-electron chi connectivity index (χ3n) is 2.92. The topological polar surface area (TPSA) is 15.3 Å². The van der Waals surface area contributed by atoms with Crippen LogP contribution in [0.5, 0.6) is 0 Å². The van der Waals surface area contributed by atoms with E-state index in [-0.39, 0.29) is 11.6 Å². The molecule has 2 nitrogen and oxygen atoms in total. The van der Waals surface area contributed by atoms with Crippen molar-refractivity contribution in [3.05, 3.63) is 35.4 Å². The molecule has 0 saturated carbocycles. The lowest BCUT2D eigenvalue weighted by Crippen LogP contribution is -2.31. The number of hydrogen-bond donors (Lipinski definition) is 1. The molecule has 0 spiro atoms. The van der Waals surface area contributed by atoms with E-state index in [9.17, 15) is 8.78 Å². The molecule has 1 N–H and O–H groups in total. The van der Waals surface area contributed by atoms with E-state index in [0.717, 1.165) is 13.1 Å². The van der Waals surface area contributed by atoms with Gasteiger partial charge in [-0.15, -0.1) is 0 Å². The van der Waals surface area contributed by atoms with Crippen LogP contribution in [0.15, 0.2) is 18.2 Å². The third-order valence-corrected chi connectivity index (χ3v) is 2.92. The van der Waals surface area contributed by atoms with E-state index < -0.39 is 11.6 Å². The second-order valence-corrected chi connectivity index (χ2v) is 4.21. The predicted octanol–water partition coefficient (Wildman–Crippen LogP) is 2.57. The van der Waals surface area contributed by atoms with Crippen LogP contribution in [-0.2, 0) is 0 Å². The van der Waals surface area contributed by atoms with Gasteiger partial charge in [-0.2, -0.15) is 0 Å². The van der Waals surface area contributed by atoms with Crippen molar-refractivity contribution in [2.24, 2.45) is 0 Å². The fourth-order valence-corrected chi connectivity index (χ4v) is 1.66. The predicted molar refractivity (Wildman–Crippen MR) is 65.9 cm³/mol. The summed E-state index contributed by atoms with van der Waals surface area (Å²) in [5.74, 6) is -0.984. The van der Waals surface area contributed by atoms with Gasteiger partial charge in [0.2, 0.25) is 0 Å². The summed E-state index contributed by atoms with van der Waals surface area (Å²) in [5.41, 5.74) is 0.117. The van der Waals surface area contributed by atoms with Gasteiger partial charge in [0.1, 0.15) is 11.6 Å². The highest BCUT2D eigenvalue weighted by atomic mass is 19.1. The molecule has 0 aromatic heterocycles. The minimum Gasteiger partial charge on any atom is -0.309 e. The summed E-state index contributed by atoms with van der Waals surface area (Å²) >= 11 is 0. The van der Waals surface area contributed by atoms with E-state index in [1.54, 1.807) is 6.92 Å². The van der Waals surface area contributed by atoms with Crippen LogP contribution in [0.2, 0.25) is 0 Å². The van der Waals surface area contributed by atoms with Crippen molar-refractivity contribution < 1.29 is 8.78 Å².